The van der Waals surface area contributed by atoms with E-state index in [1.54, 1.807) is 12.1 Å². The predicted octanol–water partition coefficient (Wildman–Crippen LogP) is 2.06. The van der Waals surface area contributed by atoms with Crippen LogP contribution in [0.25, 0.3) is 0 Å². The number of hydrogen-bond acceptors (Lipinski definition) is 4. The lowest BCUT2D eigenvalue weighted by Gasteiger charge is -2.06. The van der Waals surface area contributed by atoms with Crippen LogP contribution >= 0.6 is 12.2 Å². The molecular weight excluding hydrogens is 293 g/mol. The van der Waals surface area contributed by atoms with Crippen LogP contribution in [0.2, 0.25) is 0 Å². The predicted molar refractivity (Wildman–Crippen MR) is 85.4 cm³/mol. The summed E-state index contributed by atoms with van der Waals surface area (Å²) in [5, 5.41) is 7.34. The van der Waals surface area contributed by atoms with Crippen molar-refractivity contribution in [1.29, 1.82) is 0 Å². The van der Waals surface area contributed by atoms with Crippen molar-refractivity contribution in [3.8, 4) is 5.75 Å². The zero-order valence-corrected chi connectivity index (χ0v) is 13.0. The first-order chi connectivity index (χ1) is 10.2. The summed E-state index contributed by atoms with van der Waals surface area (Å²) < 4.78 is 23.5. The summed E-state index contributed by atoms with van der Waals surface area (Å²) in [6, 6.07) is 4.58. The first kappa shape index (κ1) is 17.3. The fourth-order valence-corrected chi connectivity index (χ4v) is 1.64. The number of methoxy groups -OCH3 is 1. The Labute approximate surface area is 129 Å². The molecule has 21 heavy (non-hydrogen) atoms. The van der Waals surface area contributed by atoms with Crippen molar-refractivity contribution in [2.45, 2.75) is 13.3 Å². The van der Waals surface area contributed by atoms with E-state index in [-0.39, 0.29) is 5.75 Å². The molecule has 0 aliphatic carbocycles. The van der Waals surface area contributed by atoms with Crippen LogP contribution < -0.4 is 15.5 Å². The molecule has 0 bridgehead atoms. The summed E-state index contributed by atoms with van der Waals surface area (Å²) in [4.78, 5) is 0. The van der Waals surface area contributed by atoms with Gasteiger partial charge in [0.25, 0.3) is 0 Å². The molecule has 5 nitrogen and oxygen atoms in total. The normalized spacial score (nSPS) is 10.6. The molecule has 0 atom stereocenters. The van der Waals surface area contributed by atoms with Crippen molar-refractivity contribution in [3.05, 3.63) is 29.6 Å². The molecular formula is C14H20FN3O2S. The number of halogens is 1. The Bertz CT molecular complexity index is 483. The van der Waals surface area contributed by atoms with E-state index in [1.807, 2.05) is 6.92 Å². The fourth-order valence-electron chi connectivity index (χ4n) is 1.49. The minimum Gasteiger partial charge on any atom is -0.494 e. The Morgan fingerprint density at radius 1 is 1.48 bits per heavy atom. The molecule has 0 aliphatic heterocycles. The maximum atomic E-state index is 13.4. The van der Waals surface area contributed by atoms with Gasteiger partial charge in [-0.3, -0.25) is 5.43 Å². The van der Waals surface area contributed by atoms with Crippen molar-refractivity contribution in [2.75, 3.05) is 26.9 Å². The van der Waals surface area contributed by atoms with Gasteiger partial charge in [0.05, 0.1) is 13.3 Å². The lowest BCUT2D eigenvalue weighted by Crippen LogP contribution is -2.33. The smallest absolute Gasteiger partial charge is 0.186 e. The van der Waals surface area contributed by atoms with Crippen molar-refractivity contribution in [3.63, 3.8) is 0 Å². The number of rotatable bonds is 8. The van der Waals surface area contributed by atoms with Crippen molar-refractivity contribution in [1.82, 2.24) is 10.7 Å². The molecule has 0 fully saturated rings. The number of hydrazone groups is 1. The number of ether oxygens (including phenoxy) is 2. The Balaban J connectivity index is 2.30. The highest BCUT2D eigenvalue weighted by Gasteiger charge is 2.01. The SMILES string of the molecule is CCOCCCNC(=S)N/N=C\c1ccc(OC)c(F)c1. The molecule has 1 aromatic carbocycles. The van der Waals surface area contributed by atoms with Crippen LogP contribution in [0.15, 0.2) is 23.3 Å². The molecule has 0 amide bonds. The van der Waals surface area contributed by atoms with E-state index in [2.05, 4.69) is 15.8 Å². The van der Waals surface area contributed by atoms with E-state index < -0.39 is 5.82 Å². The molecule has 7 heteroatoms. The summed E-state index contributed by atoms with van der Waals surface area (Å²) in [6.45, 7) is 4.07. The third kappa shape index (κ3) is 7.01. The van der Waals surface area contributed by atoms with Gasteiger partial charge in [0.1, 0.15) is 0 Å². The van der Waals surface area contributed by atoms with E-state index in [0.29, 0.717) is 30.4 Å². The summed E-state index contributed by atoms with van der Waals surface area (Å²) in [5.41, 5.74) is 3.28. The summed E-state index contributed by atoms with van der Waals surface area (Å²) in [7, 11) is 1.42. The summed E-state index contributed by atoms with van der Waals surface area (Å²) in [5.74, 6) is -0.232. The standard InChI is InChI=1S/C14H20FN3O2S/c1-3-20-8-4-7-16-14(21)18-17-10-11-5-6-13(19-2)12(15)9-11/h5-6,9-10H,3-4,7-8H2,1-2H3,(H2,16,18,21)/b17-10-. The number of thiocarbonyl (C=S) groups is 1. The number of hydrogen-bond donors (Lipinski definition) is 2. The zero-order valence-electron chi connectivity index (χ0n) is 12.2. The molecule has 0 saturated carbocycles. The Hall–Kier alpha value is -1.73. The largest absolute Gasteiger partial charge is 0.494 e. The molecule has 1 rings (SSSR count). The molecule has 0 unspecified atom stereocenters. The third-order valence-electron chi connectivity index (χ3n) is 2.51. The molecule has 0 heterocycles. The van der Waals surface area contributed by atoms with Gasteiger partial charge in [-0.25, -0.2) is 4.39 Å². The first-order valence-electron chi connectivity index (χ1n) is 6.65. The molecule has 0 spiro atoms. The molecule has 0 saturated heterocycles. The van der Waals surface area contributed by atoms with Crippen LogP contribution in [0.5, 0.6) is 5.75 Å². The van der Waals surface area contributed by atoms with Crippen molar-refractivity contribution < 1.29 is 13.9 Å². The van der Waals surface area contributed by atoms with Crippen LogP contribution in [-0.4, -0.2) is 38.2 Å². The highest BCUT2D eigenvalue weighted by molar-refractivity contribution is 7.80. The quantitative estimate of drug-likeness (QED) is 0.333. The summed E-state index contributed by atoms with van der Waals surface area (Å²) in [6.07, 6.45) is 2.35. The molecule has 0 radical (unpaired) electrons. The Morgan fingerprint density at radius 3 is 2.95 bits per heavy atom. The maximum Gasteiger partial charge on any atom is 0.186 e. The van der Waals surface area contributed by atoms with Gasteiger partial charge < -0.3 is 14.8 Å². The Morgan fingerprint density at radius 2 is 2.29 bits per heavy atom. The van der Waals surface area contributed by atoms with Gasteiger partial charge in [0.15, 0.2) is 16.7 Å². The van der Waals surface area contributed by atoms with E-state index in [1.165, 1.54) is 19.4 Å². The number of benzene rings is 1. The average Bonchev–Trinajstić information content (AvgIpc) is 2.47. The van der Waals surface area contributed by atoms with Gasteiger partial charge in [-0.05, 0) is 49.3 Å². The molecule has 116 valence electrons. The fraction of sp³-hybridized carbons (Fsp3) is 0.429. The molecule has 0 aromatic heterocycles. The lowest BCUT2D eigenvalue weighted by atomic mass is 10.2. The minimum absolute atomic E-state index is 0.201. The maximum absolute atomic E-state index is 13.4. The highest BCUT2D eigenvalue weighted by atomic mass is 32.1. The van der Waals surface area contributed by atoms with Gasteiger partial charge in [-0.1, -0.05) is 0 Å². The van der Waals surface area contributed by atoms with E-state index in [0.717, 1.165) is 6.42 Å². The number of nitrogens with one attached hydrogen (secondary N) is 2. The highest BCUT2D eigenvalue weighted by Crippen LogP contribution is 2.16. The second-order valence-corrected chi connectivity index (χ2v) is 4.48. The van der Waals surface area contributed by atoms with Crippen molar-refractivity contribution in [2.24, 2.45) is 5.10 Å². The second kappa shape index (κ2) is 10.1. The van der Waals surface area contributed by atoms with E-state index in [9.17, 15) is 4.39 Å². The van der Waals surface area contributed by atoms with Gasteiger partial charge in [-0.2, -0.15) is 5.10 Å². The first-order valence-corrected chi connectivity index (χ1v) is 7.06. The monoisotopic (exact) mass is 313 g/mol. The summed E-state index contributed by atoms with van der Waals surface area (Å²) >= 11 is 5.04. The van der Waals surface area contributed by atoms with Crippen LogP contribution in [0.4, 0.5) is 4.39 Å². The van der Waals surface area contributed by atoms with Crippen LogP contribution in [-0.2, 0) is 4.74 Å². The van der Waals surface area contributed by atoms with Gasteiger partial charge in [-0.15, -0.1) is 0 Å². The van der Waals surface area contributed by atoms with Crippen LogP contribution in [0, 0.1) is 5.82 Å². The average molecular weight is 313 g/mol. The van der Waals surface area contributed by atoms with Crippen LogP contribution in [0.3, 0.4) is 0 Å². The minimum atomic E-state index is -0.432. The van der Waals surface area contributed by atoms with Crippen molar-refractivity contribution >= 4 is 23.5 Å². The van der Waals surface area contributed by atoms with Gasteiger partial charge >= 0.3 is 0 Å². The molecule has 1 aromatic rings. The Kier molecular flexibility index (Phi) is 8.30. The molecule has 0 aliphatic rings. The van der Waals surface area contributed by atoms with E-state index in [4.69, 9.17) is 21.7 Å². The molecule has 2 N–H and O–H groups in total. The van der Waals surface area contributed by atoms with Crippen LogP contribution in [0.1, 0.15) is 18.9 Å². The second-order valence-electron chi connectivity index (χ2n) is 4.07. The zero-order chi connectivity index (χ0) is 15.5. The third-order valence-corrected chi connectivity index (χ3v) is 2.75. The van der Waals surface area contributed by atoms with E-state index >= 15 is 0 Å². The number of nitrogens with zero attached hydrogens (tertiary/aromatic N) is 1. The van der Waals surface area contributed by atoms with Gasteiger partial charge in [0, 0.05) is 19.8 Å². The van der Waals surface area contributed by atoms with Gasteiger partial charge in [0.2, 0.25) is 0 Å². The topological polar surface area (TPSA) is 54.9 Å². The lowest BCUT2D eigenvalue weighted by molar-refractivity contribution is 0.145.